The normalized spacial score (nSPS) is 14.1. The number of pyridine rings is 1. The molecular weight excluding hydrogens is 255 g/mol. The number of halogens is 2. The third-order valence-electron chi connectivity index (χ3n) is 3.32. The summed E-state index contributed by atoms with van der Waals surface area (Å²) < 4.78 is 0. The zero-order valence-electron chi connectivity index (χ0n) is 9.48. The fraction of sp³-hybridized carbons (Fsp3) is 0.308. The number of aromatic nitrogens is 1. The van der Waals surface area contributed by atoms with E-state index in [9.17, 15) is 0 Å². The van der Waals surface area contributed by atoms with Crippen LogP contribution in [-0.2, 0) is 12.8 Å². The van der Waals surface area contributed by atoms with Crippen LogP contribution >= 0.6 is 23.2 Å². The Labute approximate surface area is 110 Å². The Balaban J connectivity index is 2.49. The van der Waals surface area contributed by atoms with Crippen LogP contribution in [0.1, 0.15) is 17.7 Å². The van der Waals surface area contributed by atoms with Gasteiger partial charge < -0.3 is 5.32 Å². The van der Waals surface area contributed by atoms with Crippen molar-refractivity contribution in [3.63, 3.8) is 0 Å². The number of hydrogen-bond donors (Lipinski definition) is 1. The molecule has 4 heteroatoms. The van der Waals surface area contributed by atoms with E-state index < -0.39 is 0 Å². The topological polar surface area (TPSA) is 24.9 Å². The van der Waals surface area contributed by atoms with Crippen LogP contribution < -0.4 is 5.32 Å². The minimum absolute atomic E-state index is 0.663. The summed E-state index contributed by atoms with van der Waals surface area (Å²) in [5.74, 6) is 0. The molecule has 0 fully saturated rings. The molecule has 1 heterocycles. The zero-order valence-corrected chi connectivity index (χ0v) is 11.0. The predicted octanol–water partition coefficient (Wildman–Crippen LogP) is 4.07. The summed E-state index contributed by atoms with van der Waals surface area (Å²) in [6.07, 6.45) is 3.25. The lowest BCUT2D eigenvalue weighted by atomic mass is 10.1. The van der Waals surface area contributed by atoms with Crippen molar-refractivity contribution in [1.29, 1.82) is 0 Å². The molecular formula is C13H12Cl2N2. The van der Waals surface area contributed by atoms with Crippen LogP contribution in [0.25, 0.3) is 10.9 Å². The number of nitrogens with one attached hydrogen (secondary N) is 1. The van der Waals surface area contributed by atoms with E-state index >= 15 is 0 Å². The monoisotopic (exact) mass is 266 g/mol. The molecule has 0 atom stereocenters. The van der Waals surface area contributed by atoms with Crippen LogP contribution in [-0.4, -0.2) is 12.0 Å². The summed E-state index contributed by atoms with van der Waals surface area (Å²) in [5, 5.41) is 5.57. The van der Waals surface area contributed by atoms with Gasteiger partial charge in [0.05, 0.1) is 15.6 Å². The van der Waals surface area contributed by atoms with Crippen molar-refractivity contribution in [2.24, 2.45) is 0 Å². The lowest BCUT2D eigenvalue weighted by molar-refractivity contribution is 0.901. The summed E-state index contributed by atoms with van der Waals surface area (Å²) in [5.41, 5.74) is 4.36. The molecule has 0 saturated carbocycles. The summed E-state index contributed by atoms with van der Waals surface area (Å²) >= 11 is 12.5. The number of benzene rings is 1. The van der Waals surface area contributed by atoms with E-state index in [4.69, 9.17) is 23.2 Å². The number of nitrogens with zero attached hydrogens (tertiary/aromatic N) is 1. The van der Waals surface area contributed by atoms with Gasteiger partial charge in [0.2, 0.25) is 0 Å². The molecule has 0 saturated heterocycles. The fourth-order valence-electron chi connectivity index (χ4n) is 2.57. The van der Waals surface area contributed by atoms with E-state index in [1.165, 1.54) is 5.56 Å². The summed E-state index contributed by atoms with van der Waals surface area (Å²) in [4.78, 5) is 4.67. The van der Waals surface area contributed by atoms with E-state index in [2.05, 4.69) is 10.3 Å². The number of aryl methyl sites for hydroxylation is 1. The minimum Gasteiger partial charge on any atom is -0.387 e. The lowest BCUT2D eigenvalue weighted by Crippen LogP contribution is -2.00. The molecule has 0 bridgehead atoms. The molecule has 1 aromatic carbocycles. The Hall–Kier alpha value is -0.990. The van der Waals surface area contributed by atoms with Crippen LogP contribution in [0.15, 0.2) is 12.1 Å². The molecule has 0 spiro atoms. The molecule has 2 aromatic rings. The van der Waals surface area contributed by atoms with Crippen LogP contribution in [0, 0.1) is 0 Å². The maximum atomic E-state index is 6.28. The highest BCUT2D eigenvalue weighted by Gasteiger charge is 2.21. The van der Waals surface area contributed by atoms with Gasteiger partial charge in [-0.1, -0.05) is 23.2 Å². The van der Waals surface area contributed by atoms with Gasteiger partial charge in [0.25, 0.3) is 0 Å². The van der Waals surface area contributed by atoms with Crippen LogP contribution in [0.3, 0.4) is 0 Å². The van der Waals surface area contributed by atoms with Gasteiger partial charge in [-0.3, -0.25) is 4.98 Å². The number of fused-ring (bicyclic) bond motifs is 2. The van der Waals surface area contributed by atoms with E-state index in [0.29, 0.717) is 10.0 Å². The molecule has 1 N–H and O–H groups in total. The van der Waals surface area contributed by atoms with E-state index in [1.807, 2.05) is 13.1 Å². The third kappa shape index (κ3) is 1.59. The third-order valence-corrected chi connectivity index (χ3v) is 3.94. The van der Waals surface area contributed by atoms with E-state index in [1.54, 1.807) is 6.07 Å². The Morgan fingerprint density at radius 2 is 1.94 bits per heavy atom. The Morgan fingerprint density at radius 3 is 2.71 bits per heavy atom. The SMILES string of the molecule is CNc1c2c(nc3c(Cl)ccc(Cl)c13)CCC2. The van der Waals surface area contributed by atoms with Gasteiger partial charge in [-0.15, -0.1) is 0 Å². The first-order chi connectivity index (χ1) is 8.22. The first-order valence-corrected chi connectivity index (χ1v) is 6.45. The molecule has 88 valence electrons. The quantitative estimate of drug-likeness (QED) is 0.842. The van der Waals surface area contributed by atoms with Gasteiger partial charge in [0, 0.05) is 23.8 Å². The second kappa shape index (κ2) is 4.04. The minimum atomic E-state index is 0.663. The van der Waals surface area contributed by atoms with Crippen LogP contribution in [0.2, 0.25) is 10.0 Å². The molecule has 1 aliphatic carbocycles. The van der Waals surface area contributed by atoms with Crippen molar-refractivity contribution in [2.75, 3.05) is 12.4 Å². The largest absolute Gasteiger partial charge is 0.387 e. The van der Waals surface area contributed by atoms with Gasteiger partial charge in [-0.05, 0) is 37.0 Å². The summed E-state index contributed by atoms with van der Waals surface area (Å²) in [6, 6.07) is 3.64. The molecule has 17 heavy (non-hydrogen) atoms. The molecule has 3 rings (SSSR count). The lowest BCUT2D eigenvalue weighted by Gasteiger charge is -2.13. The smallest absolute Gasteiger partial charge is 0.0927 e. The van der Waals surface area contributed by atoms with Crippen LogP contribution in [0.5, 0.6) is 0 Å². The molecule has 0 unspecified atom stereocenters. The second-order valence-electron chi connectivity index (χ2n) is 4.27. The van der Waals surface area contributed by atoms with E-state index in [0.717, 1.165) is 41.5 Å². The van der Waals surface area contributed by atoms with Crippen molar-refractivity contribution in [3.05, 3.63) is 33.4 Å². The number of anilines is 1. The number of rotatable bonds is 1. The average molecular weight is 267 g/mol. The standard InChI is InChI=1S/C13H12Cl2N2/c1-16-12-7-3-2-4-10(7)17-13-9(15)6-5-8(14)11(12)13/h5-6H,2-4H2,1H3,(H,16,17). The van der Waals surface area contributed by atoms with Crippen molar-refractivity contribution in [2.45, 2.75) is 19.3 Å². The second-order valence-corrected chi connectivity index (χ2v) is 5.08. The van der Waals surface area contributed by atoms with Gasteiger partial charge >= 0.3 is 0 Å². The maximum Gasteiger partial charge on any atom is 0.0927 e. The summed E-state index contributed by atoms with van der Waals surface area (Å²) in [7, 11) is 1.92. The molecule has 1 aromatic heterocycles. The van der Waals surface area contributed by atoms with Gasteiger partial charge in [-0.25, -0.2) is 0 Å². The number of hydrogen-bond acceptors (Lipinski definition) is 2. The molecule has 1 aliphatic rings. The maximum absolute atomic E-state index is 6.28. The zero-order chi connectivity index (χ0) is 12.0. The van der Waals surface area contributed by atoms with Crippen molar-refractivity contribution < 1.29 is 0 Å². The van der Waals surface area contributed by atoms with Gasteiger partial charge in [0.15, 0.2) is 0 Å². The highest BCUT2D eigenvalue weighted by molar-refractivity contribution is 6.41. The molecule has 0 aliphatic heterocycles. The van der Waals surface area contributed by atoms with Crippen molar-refractivity contribution in [3.8, 4) is 0 Å². The summed E-state index contributed by atoms with van der Waals surface area (Å²) in [6.45, 7) is 0. The Bertz CT molecular complexity index is 608. The Kier molecular flexibility index (Phi) is 2.64. The Morgan fingerprint density at radius 1 is 1.18 bits per heavy atom. The molecule has 0 amide bonds. The van der Waals surface area contributed by atoms with E-state index in [-0.39, 0.29) is 0 Å². The predicted molar refractivity (Wildman–Crippen MR) is 73.3 cm³/mol. The van der Waals surface area contributed by atoms with Crippen LogP contribution in [0.4, 0.5) is 5.69 Å². The van der Waals surface area contributed by atoms with Gasteiger partial charge in [0.1, 0.15) is 0 Å². The molecule has 0 radical (unpaired) electrons. The average Bonchev–Trinajstić information content (AvgIpc) is 2.79. The first kappa shape index (κ1) is 11.1. The first-order valence-electron chi connectivity index (χ1n) is 5.69. The van der Waals surface area contributed by atoms with Crippen molar-refractivity contribution >= 4 is 39.8 Å². The highest BCUT2D eigenvalue weighted by atomic mass is 35.5. The highest BCUT2D eigenvalue weighted by Crippen LogP contribution is 2.39. The van der Waals surface area contributed by atoms with Crippen molar-refractivity contribution in [1.82, 2.24) is 4.98 Å². The molecule has 2 nitrogen and oxygen atoms in total. The van der Waals surface area contributed by atoms with Gasteiger partial charge in [-0.2, -0.15) is 0 Å². The fourth-order valence-corrected chi connectivity index (χ4v) is 3.02.